The summed E-state index contributed by atoms with van der Waals surface area (Å²) in [4.78, 5) is 7.20. The van der Waals surface area contributed by atoms with Gasteiger partial charge in [-0.3, -0.25) is 0 Å². The van der Waals surface area contributed by atoms with Gasteiger partial charge in [-0.2, -0.15) is 0 Å². The number of thiophene rings is 1. The topological polar surface area (TPSA) is 9.72 Å². The highest BCUT2D eigenvalue weighted by Crippen LogP contribution is 2.47. The van der Waals surface area contributed by atoms with Gasteiger partial charge in [0.15, 0.2) is 0 Å². The quantitative estimate of drug-likeness (QED) is 0.128. The second-order valence-electron chi connectivity index (χ2n) is 18.2. The maximum absolute atomic E-state index is 2.41. The van der Waals surface area contributed by atoms with Crippen molar-refractivity contribution >= 4 is 104 Å². The SMILES string of the molecule is c1ccc(-c2ccc(N(c3ccc(-c4ccc5sc6ccccc6c5c4)cc3)c3cc(N(c4ccccc4)c4ccc5ccccc5c4)cc(N(c4ccccc4)c4ccc5ccccc5c4)c3)cc2)cc1. The molecule has 0 saturated carbocycles. The first-order valence-electron chi connectivity index (χ1n) is 24.5. The summed E-state index contributed by atoms with van der Waals surface area (Å²) >= 11 is 1.85. The van der Waals surface area contributed by atoms with Gasteiger partial charge in [-0.15, -0.1) is 11.3 Å². The van der Waals surface area contributed by atoms with Gasteiger partial charge >= 0.3 is 0 Å². The van der Waals surface area contributed by atoms with Crippen LogP contribution in [0.2, 0.25) is 0 Å². The molecule has 0 spiro atoms. The predicted octanol–water partition coefficient (Wildman–Crippen LogP) is 20.1. The Kier molecular flexibility index (Phi) is 11.1. The third-order valence-electron chi connectivity index (χ3n) is 13.7. The lowest BCUT2D eigenvalue weighted by Gasteiger charge is -2.33. The van der Waals surface area contributed by atoms with Crippen LogP contribution in [-0.4, -0.2) is 0 Å². The summed E-state index contributed by atoms with van der Waals surface area (Å²) in [5, 5.41) is 7.37. The number of rotatable bonds is 11. The van der Waals surface area contributed by atoms with E-state index in [0.717, 1.165) is 51.2 Å². The molecule has 340 valence electrons. The molecule has 0 amide bonds. The van der Waals surface area contributed by atoms with Gasteiger partial charge < -0.3 is 14.7 Å². The monoisotopic (exact) mass is 937 g/mol. The Labute approximate surface area is 424 Å². The maximum Gasteiger partial charge on any atom is 0.0503 e. The van der Waals surface area contributed by atoms with Gasteiger partial charge in [0.2, 0.25) is 0 Å². The maximum atomic E-state index is 2.41. The molecule has 0 N–H and O–H groups in total. The first-order valence-corrected chi connectivity index (χ1v) is 25.3. The van der Waals surface area contributed by atoms with E-state index in [2.05, 4.69) is 300 Å². The molecule has 0 saturated heterocycles. The molecule has 0 radical (unpaired) electrons. The Morgan fingerprint density at radius 1 is 0.194 bits per heavy atom. The van der Waals surface area contributed by atoms with Crippen LogP contribution in [0, 0.1) is 0 Å². The molecule has 13 aromatic rings. The van der Waals surface area contributed by atoms with E-state index in [0.29, 0.717) is 0 Å². The highest BCUT2D eigenvalue weighted by atomic mass is 32.1. The molecule has 0 unspecified atom stereocenters. The molecule has 3 nitrogen and oxygen atoms in total. The van der Waals surface area contributed by atoms with Crippen molar-refractivity contribution in [3.05, 3.63) is 285 Å². The number of para-hydroxylation sites is 2. The number of anilines is 9. The van der Waals surface area contributed by atoms with Crippen molar-refractivity contribution in [1.82, 2.24) is 0 Å². The lowest BCUT2D eigenvalue weighted by molar-refractivity contribution is 1.22. The van der Waals surface area contributed by atoms with Crippen molar-refractivity contribution in [2.24, 2.45) is 0 Å². The summed E-state index contributed by atoms with van der Waals surface area (Å²) < 4.78 is 2.62. The van der Waals surface area contributed by atoms with Crippen molar-refractivity contribution in [3.63, 3.8) is 0 Å². The van der Waals surface area contributed by atoms with Crippen molar-refractivity contribution in [1.29, 1.82) is 0 Å². The first kappa shape index (κ1) is 42.8. The Morgan fingerprint density at radius 3 is 1.08 bits per heavy atom. The molecule has 0 bridgehead atoms. The van der Waals surface area contributed by atoms with Crippen LogP contribution < -0.4 is 14.7 Å². The van der Waals surface area contributed by atoms with E-state index >= 15 is 0 Å². The van der Waals surface area contributed by atoms with Gasteiger partial charge in [-0.05, 0) is 153 Å². The Balaban J connectivity index is 1.04. The minimum absolute atomic E-state index is 1.01. The minimum atomic E-state index is 1.01. The third kappa shape index (κ3) is 8.20. The lowest BCUT2D eigenvalue weighted by atomic mass is 10.0. The zero-order valence-corrected chi connectivity index (χ0v) is 40.2. The van der Waals surface area contributed by atoms with Crippen LogP contribution in [0.1, 0.15) is 0 Å². The molecule has 0 aliphatic rings. The van der Waals surface area contributed by atoms with Gasteiger partial charge in [-0.25, -0.2) is 0 Å². The van der Waals surface area contributed by atoms with E-state index in [1.54, 1.807) is 0 Å². The van der Waals surface area contributed by atoms with Gasteiger partial charge in [-0.1, -0.05) is 176 Å². The molecular formula is C68H47N3S. The molecule has 0 fully saturated rings. The largest absolute Gasteiger partial charge is 0.310 e. The fourth-order valence-corrected chi connectivity index (χ4v) is 11.3. The molecule has 0 aliphatic heterocycles. The van der Waals surface area contributed by atoms with Gasteiger partial charge in [0.25, 0.3) is 0 Å². The summed E-state index contributed by atoms with van der Waals surface area (Å²) in [6.45, 7) is 0. The van der Waals surface area contributed by atoms with Gasteiger partial charge in [0, 0.05) is 54.3 Å². The molecule has 72 heavy (non-hydrogen) atoms. The number of benzene rings is 12. The van der Waals surface area contributed by atoms with Gasteiger partial charge in [0.05, 0.1) is 17.1 Å². The number of nitrogens with zero attached hydrogens (tertiary/aromatic N) is 3. The molecular weight excluding hydrogens is 891 g/mol. The Morgan fingerprint density at radius 2 is 0.556 bits per heavy atom. The average molecular weight is 938 g/mol. The molecule has 0 atom stereocenters. The highest BCUT2D eigenvalue weighted by molar-refractivity contribution is 7.25. The standard InChI is InChI=1S/C68H47N3S/c1-4-16-48(17-5-1)51-28-35-58(36-29-51)69(59-37-30-52(31-38-59)55-34-41-68-66(44-55)65-26-14-15-27-67(65)72-68)62-45-63(70(56-22-6-2-7-23-56)60-39-32-49-18-10-12-20-53(49)42-60)47-64(46-62)71(57-24-8-3-9-25-57)61-40-33-50-19-11-13-21-54(50)43-61/h1-47H. The van der Waals surface area contributed by atoms with Crippen LogP contribution in [0.5, 0.6) is 0 Å². The van der Waals surface area contributed by atoms with E-state index in [-0.39, 0.29) is 0 Å². The minimum Gasteiger partial charge on any atom is -0.310 e. The Hall–Kier alpha value is -9.22. The molecule has 12 aromatic carbocycles. The van der Waals surface area contributed by atoms with Crippen LogP contribution in [0.25, 0.3) is 64.0 Å². The summed E-state index contributed by atoms with van der Waals surface area (Å²) in [6.07, 6.45) is 0. The second-order valence-corrected chi connectivity index (χ2v) is 19.3. The Bertz CT molecular complexity index is 3900. The normalized spacial score (nSPS) is 11.3. The number of hydrogen-bond acceptors (Lipinski definition) is 4. The van der Waals surface area contributed by atoms with Crippen molar-refractivity contribution < 1.29 is 0 Å². The predicted molar refractivity (Wildman–Crippen MR) is 309 cm³/mol. The third-order valence-corrected chi connectivity index (χ3v) is 14.9. The molecule has 13 rings (SSSR count). The van der Waals surface area contributed by atoms with Crippen molar-refractivity contribution in [2.75, 3.05) is 14.7 Å². The fraction of sp³-hybridized carbons (Fsp3) is 0. The second kappa shape index (κ2) is 18.6. The molecule has 4 heteroatoms. The van der Waals surface area contributed by atoms with E-state index in [4.69, 9.17) is 0 Å². The van der Waals surface area contributed by atoms with Crippen LogP contribution in [0.4, 0.5) is 51.2 Å². The van der Waals surface area contributed by atoms with Crippen LogP contribution in [0.3, 0.4) is 0 Å². The summed E-state index contributed by atoms with van der Waals surface area (Å²) in [7, 11) is 0. The van der Waals surface area contributed by atoms with E-state index in [1.807, 2.05) is 11.3 Å². The summed E-state index contributed by atoms with van der Waals surface area (Å²) in [5.41, 5.74) is 14.1. The van der Waals surface area contributed by atoms with Crippen LogP contribution >= 0.6 is 11.3 Å². The van der Waals surface area contributed by atoms with E-state index in [1.165, 1.54) is 64.0 Å². The van der Waals surface area contributed by atoms with E-state index < -0.39 is 0 Å². The summed E-state index contributed by atoms with van der Waals surface area (Å²) in [5.74, 6) is 0. The lowest BCUT2D eigenvalue weighted by Crippen LogP contribution is -2.16. The number of hydrogen-bond donors (Lipinski definition) is 0. The average Bonchev–Trinajstić information content (AvgIpc) is 3.83. The van der Waals surface area contributed by atoms with Crippen LogP contribution in [-0.2, 0) is 0 Å². The highest BCUT2D eigenvalue weighted by Gasteiger charge is 2.23. The van der Waals surface area contributed by atoms with Crippen molar-refractivity contribution in [2.45, 2.75) is 0 Å². The smallest absolute Gasteiger partial charge is 0.0503 e. The van der Waals surface area contributed by atoms with Crippen LogP contribution in [0.15, 0.2) is 285 Å². The molecule has 1 heterocycles. The molecule has 1 aromatic heterocycles. The number of fused-ring (bicyclic) bond motifs is 5. The summed E-state index contributed by atoms with van der Waals surface area (Å²) in [6, 6.07) is 104. The zero-order chi connectivity index (χ0) is 47.8. The van der Waals surface area contributed by atoms with E-state index in [9.17, 15) is 0 Å². The fourth-order valence-electron chi connectivity index (χ4n) is 10.2. The van der Waals surface area contributed by atoms with Crippen molar-refractivity contribution in [3.8, 4) is 22.3 Å². The van der Waals surface area contributed by atoms with Gasteiger partial charge in [0.1, 0.15) is 0 Å². The zero-order valence-electron chi connectivity index (χ0n) is 39.4. The molecule has 0 aliphatic carbocycles. The first-order chi connectivity index (χ1) is 35.7.